The predicted octanol–water partition coefficient (Wildman–Crippen LogP) is 3.81. The van der Waals surface area contributed by atoms with Crippen LogP contribution < -0.4 is 4.90 Å². The first-order valence-corrected chi connectivity index (χ1v) is 9.84. The predicted molar refractivity (Wildman–Crippen MR) is 113 cm³/mol. The molecular weight excluding hydrogens is 367 g/mol. The largest absolute Gasteiger partial charge is 0.368 e. The molecule has 0 N–H and O–H groups in total. The Morgan fingerprint density at radius 2 is 1.76 bits per heavy atom. The molecule has 0 radical (unpaired) electrons. The molecular formula is C23H25FN4O. The molecule has 6 heteroatoms. The Morgan fingerprint density at radius 3 is 2.45 bits per heavy atom. The van der Waals surface area contributed by atoms with E-state index in [0.717, 1.165) is 24.3 Å². The number of nitrogens with zero attached hydrogens (tertiary/aromatic N) is 4. The molecule has 5 nitrogen and oxygen atoms in total. The molecule has 1 aliphatic rings. The van der Waals surface area contributed by atoms with Crippen LogP contribution >= 0.6 is 0 Å². The second kappa shape index (κ2) is 7.70. The molecule has 0 saturated carbocycles. The number of rotatable bonds is 3. The van der Waals surface area contributed by atoms with Crippen molar-refractivity contribution in [2.75, 3.05) is 31.1 Å². The van der Waals surface area contributed by atoms with Gasteiger partial charge in [0.25, 0.3) is 5.91 Å². The molecule has 4 rings (SSSR count). The Balaban J connectivity index is 1.47. The second-order valence-corrected chi connectivity index (χ2v) is 7.62. The fourth-order valence-corrected chi connectivity index (χ4v) is 3.80. The third-order valence-electron chi connectivity index (χ3n) is 5.49. The number of piperazine rings is 1. The minimum absolute atomic E-state index is 0.0606. The molecule has 0 spiro atoms. The number of benzene rings is 2. The highest BCUT2D eigenvalue weighted by atomic mass is 19.1. The quantitative estimate of drug-likeness (QED) is 0.681. The summed E-state index contributed by atoms with van der Waals surface area (Å²) in [5.41, 5.74) is 5.08. The topological polar surface area (TPSA) is 41.4 Å². The summed E-state index contributed by atoms with van der Waals surface area (Å²) in [6.07, 6.45) is 0. The summed E-state index contributed by atoms with van der Waals surface area (Å²) >= 11 is 0. The number of hydrogen-bond donors (Lipinski definition) is 0. The normalized spacial score (nSPS) is 14.3. The Morgan fingerprint density at radius 1 is 1.00 bits per heavy atom. The average Bonchev–Trinajstić information content (AvgIpc) is 3.11. The lowest BCUT2D eigenvalue weighted by Crippen LogP contribution is -2.48. The molecule has 3 aromatic rings. The molecule has 1 amide bonds. The van der Waals surface area contributed by atoms with Crippen LogP contribution in [0, 0.1) is 19.7 Å². The first-order chi connectivity index (χ1) is 13.9. The van der Waals surface area contributed by atoms with Gasteiger partial charge in [-0.15, -0.1) is 0 Å². The van der Waals surface area contributed by atoms with Gasteiger partial charge in [0.2, 0.25) is 0 Å². The molecule has 0 bridgehead atoms. The Hall–Kier alpha value is -3.15. The van der Waals surface area contributed by atoms with Gasteiger partial charge in [-0.2, -0.15) is 5.10 Å². The highest BCUT2D eigenvalue weighted by Crippen LogP contribution is 2.24. The summed E-state index contributed by atoms with van der Waals surface area (Å²) in [4.78, 5) is 17.1. The Labute approximate surface area is 170 Å². The zero-order valence-corrected chi connectivity index (χ0v) is 17.0. The van der Waals surface area contributed by atoms with Crippen LogP contribution in [0.2, 0.25) is 0 Å². The van der Waals surface area contributed by atoms with E-state index in [0.29, 0.717) is 24.3 Å². The summed E-state index contributed by atoms with van der Waals surface area (Å²) in [6, 6.07) is 15.2. The van der Waals surface area contributed by atoms with Crippen LogP contribution in [0.5, 0.6) is 0 Å². The van der Waals surface area contributed by atoms with Crippen molar-refractivity contribution in [2.45, 2.75) is 13.8 Å². The molecule has 0 aliphatic carbocycles. The van der Waals surface area contributed by atoms with Crippen LogP contribution in [0.15, 0.2) is 48.5 Å². The molecule has 150 valence electrons. The van der Waals surface area contributed by atoms with Gasteiger partial charge < -0.3 is 9.80 Å². The van der Waals surface area contributed by atoms with Crippen molar-refractivity contribution in [1.29, 1.82) is 0 Å². The molecule has 0 unspecified atom stereocenters. The summed E-state index contributed by atoms with van der Waals surface area (Å²) in [5, 5.41) is 4.42. The monoisotopic (exact) mass is 392 g/mol. The maximum absolute atomic E-state index is 13.6. The van der Waals surface area contributed by atoms with Gasteiger partial charge in [-0.25, -0.2) is 4.39 Å². The third-order valence-corrected chi connectivity index (χ3v) is 5.49. The zero-order valence-electron chi connectivity index (χ0n) is 17.0. The van der Waals surface area contributed by atoms with Crippen molar-refractivity contribution in [3.63, 3.8) is 0 Å². The van der Waals surface area contributed by atoms with Crippen molar-refractivity contribution in [2.24, 2.45) is 7.05 Å². The molecule has 1 aromatic heterocycles. The van der Waals surface area contributed by atoms with E-state index in [9.17, 15) is 9.18 Å². The Bertz CT molecular complexity index is 1050. The van der Waals surface area contributed by atoms with Crippen molar-refractivity contribution in [3.8, 4) is 11.3 Å². The highest BCUT2D eigenvalue weighted by Gasteiger charge is 2.25. The van der Waals surface area contributed by atoms with E-state index in [-0.39, 0.29) is 11.7 Å². The lowest BCUT2D eigenvalue weighted by atomic mass is 10.1. The van der Waals surface area contributed by atoms with Gasteiger partial charge in [0.1, 0.15) is 5.82 Å². The molecule has 1 aliphatic heterocycles. The van der Waals surface area contributed by atoms with E-state index >= 15 is 0 Å². The minimum atomic E-state index is -0.237. The number of carbonyl (C=O) groups excluding carboxylic acids is 1. The van der Waals surface area contributed by atoms with Crippen LogP contribution in [0.1, 0.15) is 21.6 Å². The summed E-state index contributed by atoms with van der Waals surface area (Å²) < 4.78 is 15.3. The van der Waals surface area contributed by atoms with E-state index in [4.69, 9.17) is 0 Å². The molecule has 2 aromatic carbocycles. The van der Waals surface area contributed by atoms with Gasteiger partial charge in [0, 0.05) is 44.5 Å². The van der Waals surface area contributed by atoms with Crippen LogP contribution in [-0.4, -0.2) is 46.8 Å². The lowest BCUT2D eigenvalue weighted by Gasteiger charge is -2.36. The highest BCUT2D eigenvalue weighted by molar-refractivity contribution is 5.93. The average molecular weight is 392 g/mol. The van der Waals surface area contributed by atoms with Gasteiger partial charge in [0.05, 0.1) is 5.69 Å². The summed E-state index contributed by atoms with van der Waals surface area (Å²) in [7, 11) is 1.81. The van der Waals surface area contributed by atoms with Crippen LogP contribution in [-0.2, 0) is 7.05 Å². The third kappa shape index (κ3) is 3.88. The number of carbonyl (C=O) groups is 1. The van der Waals surface area contributed by atoms with Crippen molar-refractivity contribution < 1.29 is 9.18 Å². The van der Waals surface area contributed by atoms with Crippen molar-refractivity contribution in [3.05, 3.63) is 71.2 Å². The van der Waals surface area contributed by atoms with E-state index in [1.54, 1.807) is 36.9 Å². The first kappa shape index (κ1) is 19.2. The molecule has 0 atom stereocenters. The fraction of sp³-hybridized carbons (Fsp3) is 0.304. The Kier molecular flexibility index (Phi) is 5.09. The van der Waals surface area contributed by atoms with Crippen LogP contribution in [0.3, 0.4) is 0 Å². The molecule has 1 fully saturated rings. The van der Waals surface area contributed by atoms with E-state index in [1.807, 2.05) is 4.90 Å². The fourth-order valence-electron chi connectivity index (χ4n) is 3.80. The van der Waals surface area contributed by atoms with E-state index < -0.39 is 0 Å². The minimum Gasteiger partial charge on any atom is -0.368 e. The number of halogens is 1. The number of aromatic nitrogens is 2. The van der Waals surface area contributed by atoms with Gasteiger partial charge >= 0.3 is 0 Å². The van der Waals surface area contributed by atoms with Gasteiger partial charge in [-0.3, -0.25) is 9.48 Å². The summed E-state index contributed by atoms with van der Waals surface area (Å²) in [5.74, 6) is -0.298. The number of aryl methyl sites for hydroxylation is 3. The maximum atomic E-state index is 13.6. The molecule has 1 saturated heterocycles. The van der Waals surface area contributed by atoms with Gasteiger partial charge in [0.15, 0.2) is 5.69 Å². The molecule has 2 heterocycles. The smallest absolute Gasteiger partial charge is 0.274 e. The van der Waals surface area contributed by atoms with E-state index in [1.165, 1.54) is 17.3 Å². The lowest BCUT2D eigenvalue weighted by molar-refractivity contribution is 0.0740. The van der Waals surface area contributed by atoms with Crippen LogP contribution in [0.4, 0.5) is 10.1 Å². The van der Waals surface area contributed by atoms with E-state index in [2.05, 4.69) is 41.2 Å². The summed E-state index contributed by atoms with van der Waals surface area (Å²) in [6.45, 7) is 6.74. The van der Waals surface area contributed by atoms with Crippen molar-refractivity contribution in [1.82, 2.24) is 14.7 Å². The maximum Gasteiger partial charge on any atom is 0.274 e. The van der Waals surface area contributed by atoms with Gasteiger partial charge in [-0.1, -0.05) is 12.1 Å². The standard InChI is InChI=1S/C23H25FN4O/c1-16-5-4-6-19(13-16)27-9-11-28(12-10-27)23(29)21-15-22(26(3)25-21)18-7-8-20(24)17(2)14-18/h4-8,13-15H,9-12H2,1-3H3. The molecule has 29 heavy (non-hydrogen) atoms. The SMILES string of the molecule is Cc1cccc(N2CCN(C(=O)c3cc(-c4ccc(F)c(C)c4)n(C)n3)CC2)c1. The number of hydrogen-bond acceptors (Lipinski definition) is 3. The first-order valence-electron chi connectivity index (χ1n) is 9.84. The zero-order chi connectivity index (χ0) is 20.5. The second-order valence-electron chi connectivity index (χ2n) is 7.62. The number of anilines is 1. The number of amides is 1. The van der Waals surface area contributed by atoms with Crippen molar-refractivity contribution >= 4 is 11.6 Å². The van der Waals surface area contributed by atoms with Crippen LogP contribution in [0.25, 0.3) is 11.3 Å². The van der Waals surface area contributed by atoms with Gasteiger partial charge in [-0.05, 0) is 61.4 Å².